The largest absolute Gasteiger partial charge is 0.493 e. The lowest BCUT2D eigenvalue weighted by Crippen LogP contribution is -2.32. The van der Waals surface area contributed by atoms with Crippen molar-refractivity contribution in [3.8, 4) is 11.5 Å². The zero-order chi connectivity index (χ0) is 29.3. The van der Waals surface area contributed by atoms with Crippen LogP contribution in [0.15, 0.2) is 120 Å². The van der Waals surface area contributed by atoms with Gasteiger partial charge < -0.3 is 19.4 Å². The number of methoxy groups -OCH3 is 2. The molecule has 2 N–H and O–H groups in total. The summed E-state index contributed by atoms with van der Waals surface area (Å²) in [6.07, 6.45) is 5.17. The second kappa shape index (κ2) is 13.1. The first-order chi connectivity index (χ1) is 20.6. The molecule has 42 heavy (non-hydrogen) atoms. The predicted molar refractivity (Wildman–Crippen MR) is 165 cm³/mol. The molecule has 0 saturated heterocycles. The highest BCUT2D eigenvalue weighted by Gasteiger charge is 2.15. The summed E-state index contributed by atoms with van der Waals surface area (Å²) in [4.78, 5) is 26.3. The van der Waals surface area contributed by atoms with Crippen molar-refractivity contribution in [3.63, 3.8) is 0 Å². The van der Waals surface area contributed by atoms with E-state index in [9.17, 15) is 9.59 Å². The molecule has 0 bridgehead atoms. The third kappa shape index (κ3) is 6.56. The third-order valence-electron chi connectivity index (χ3n) is 6.63. The number of hydrazone groups is 1. The number of carbonyl (C=O) groups is 2. The summed E-state index contributed by atoms with van der Waals surface area (Å²) in [6, 6.07) is 32.1. The number of hydrogen-bond acceptors (Lipinski definition) is 5. The van der Waals surface area contributed by atoms with E-state index in [0.29, 0.717) is 29.2 Å². The van der Waals surface area contributed by atoms with Gasteiger partial charge in [-0.05, 0) is 47.5 Å². The lowest BCUT2D eigenvalue weighted by Gasteiger charge is -2.11. The lowest BCUT2D eigenvalue weighted by atomic mass is 10.1. The lowest BCUT2D eigenvalue weighted by molar-refractivity contribution is -0.117. The van der Waals surface area contributed by atoms with Gasteiger partial charge in [0.1, 0.15) is 5.70 Å². The molecule has 0 aliphatic carbocycles. The van der Waals surface area contributed by atoms with Gasteiger partial charge in [0.15, 0.2) is 11.5 Å². The predicted octanol–water partition coefficient (Wildman–Crippen LogP) is 5.63. The quantitative estimate of drug-likeness (QED) is 0.132. The maximum Gasteiger partial charge on any atom is 0.287 e. The molecule has 0 atom stereocenters. The van der Waals surface area contributed by atoms with Gasteiger partial charge in [-0.15, -0.1) is 0 Å². The number of rotatable bonds is 10. The molecule has 0 radical (unpaired) electrons. The molecule has 0 fully saturated rings. The van der Waals surface area contributed by atoms with Crippen molar-refractivity contribution in [2.24, 2.45) is 5.10 Å². The molecule has 8 heteroatoms. The summed E-state index contributed by atoms with van der Waals surface area (Å²) in [5, 5.41) is 7.96. The Hall–Kier alpha value is -5.63. The number of nitrogens with one attached hydrogen (secondary N) is 2. The maximum atomic E-state index is 13.3. The Morgan fingerprint density at radius 1 is 0.833 bits per heavy atom. The van der Waals surface area contributed by atoms with Crippen LogP contribution in [0, 0.1) is 0 Å². The Balaban J connectivity index is 1.40. The fourth-order valence-electron chi connectivity index (χ4n) is 4.56. The molecule has 0 saturated carbocycles. The van der Waals surface area contributed by atoms with Crippen LogP contribution in [0.4, 0.5) is 0 Å². The number of aromatic nitrogens is 1. The molecule has 0 aliphatic rings. The van der Waals surface area contributed by atoms with Crippen molar-refractivity contribution in [1.29, 1.82) is 0 Å². The van der Waals surface area contributed by atoms with Crippen LogP contribution in [0.1, 0.15) is 27.0 Å². The van der Waals surface area contributed by atoms with Gasteiger partial charge in [0.2, 0.25) is 0 Å². The fraction of sp³-hybridized carbons (Fsp3) is 0.0882. The van der Waals surface area contributed by atoms with Gasteiger partial charge in [-0.2, -0.15) is 5.10 Å². The van der Waals surface area contributed by atoms with Crippen molar-refractivity contribution in [1.82, 2.24) is 15.3 Å². The van der Waals surface area contributed by atoms with E-state index in [1.807, 2.05) is 48.7 Å². The highest BCUT2D eigenvalue weighted by Crippen LogP contribution is 2.28. The summed E-state index contributed by atoms with van der Waals surface area (Å²) >= 11 is 0. The van der Waals surface area contributed by atoms with E-state index in [0.717, 1.165) is 16.5 Å². The Morgan fingerprint density at radius 3 is 2.26 bits per heavy atom. The Kier molecular flexibility index (Phi) is 8.74. The number of benzene rings is 4. The van der Waals surface area contributed by atoms with Crippen LogP contribution in [-0.2, 0) is 11.3 Å². The van der Waals surface area contributed by atoms with Crippen LogP contribution in [0.2, 0.25) is 0 Å². The van der Waals surface area contributed by atoms with Gasteiger partial charge in [0.05, 0.1) is 20.4 Å². The van der Waals surface area contributed by atoms with Crippen LogP contribution in [0.25, 0.3) is 17.0 Å². The molecule has 0 aliphatic heterocycles. The molecular formula is C34H30N4O4. The molecule has 2 amide bonds. The number of carbonyl (C=O) groups excluding carboxylic acids is 2. The molecular weight excluding hydrogens is 528 g/mol. The summed E-state index contributed by atoms with van der Waals surface area (Å²) in [6.45, 7) is 0.700. The van der Waals surface area contributed by atoms with Crippen molar-refractivity contribution in [3.05, 3.63) is 137 Å². The van der Waals surface area contributed by atoms with E-state index in [-0.39, 0.29) is 5.70 Å². The molecule has 4 aromatic carbocycles. The minimum atomic E-state index is -0.585. The molecule has 5 aromatic rings. The van der Waals surface area contributed by atoms with Crippen LogP contribution in [-0.4, -0.2) is 36.8 Å². The number of fused-ring (bicyclic) bond motifs is 1. The second-order valence-electron chi connectivity index (χ2n) is 9.41. The average Bonchev–Trinajstić information content (AvgIpc) is 3.38. The van der Waals surface area contributed by atoms with Gasteiger partial charge in [-0.25, -0.2) is 5.43 Å². The third-order valence-corrected chi connectivity index (χ3v) is 6.63. The van der Waals surface area contributed by atoms with Crippen LogP contribution in [0.3, 0.4) is 0 Å². The number of para-hydroxylation sites is 1. The molecule has 5 rings (SSSR count). The fourth-order valence-corrected chi connectivity index (χ4v) is 4.56. The zero-order valence-electron chi connectivity index (χ0n) is 23.3. The van der Waals surface area contributed by atoms with Crippen LogP contribution >= 0.6 is 0 Å². The van der Waals surface area contributed by atoms with Crippen LogP contribution < -0.4 is 20.2 Å². The van der Waals surface area contributed by atoms with Gasteiger partial charge >= 0.3 is 0 Å². The standard InChI is InChI=1S/C34H30N4O4/c1-41-31-18-17-25(20-32(31)42-2)19-29(36-33(39)26-13-7-4-8-14-26)34(40)37-35-21-27-23-38(22-24-11-5-3-6-12-24)30-16-10-9-15-28(27)30/h3-21,23H,22H2,1-2H3,(H,36,39)(H,37,40)/b29-19+,35-21+. The number of amides is 2. The monoisotopic (exact) mass is 558 g/mol. The van der Waals surface area contributed by atoms with E-state index in [1.165, 1.54) is 12.7 Å². The van der Waals surface area contributed by atoms with Gasteiger partial charge in [0.25, 0.3) is 11.8 Å². The number of nitrogens with zero attached hydrogens (tertiary/aromatic N) is 2. The van der Waals surface area contributed by atoms with Gasteiger partial charge in [-0.1, -0.05) is 72.8 Å². The Labute approximate surface area is 243 Å². The van der Waals surface area contributed by atoms with E-state index < -0.39 is 11.8 Å². The molecule has 210 valence electrons. The molecule has 1 aromatic heterocycles. The van der Waals surface area contributed by atoms with Crippen molar-refractivity contribution in [2.75, 3.05) is 14.2 Å². The van der Waals surface area contributed by atoms with Crippen molar-refractivity contribution < 1.29 is 19.1 Å². The molecule has 0 spiro atoms. The molecule has 1 heterocycles. The first kappa shape index (κ1) is 27.9. The normalized spacial score (nSPS) is 11.4. The van der Waals surface area contributed by atoms with Gasteiger partial charge in [0, 0.05) is 34.8 Å². The Bertz CT molecular complexity index is 1760. The highest BCUT2D eigenvalue weighted by atomic mass is 16.5. The highest BCUT2D eigenvalue weighted by molar-refractivity contribution is 6.06. The van der Waals surface area contributed by atoms with Crippen molar-refractivity contribution in [2.45, 2.75) is 6.54 Å². The first-order valence-electron chi connectivity index (χ1n) is 13.3. The zero-order valence-corrected chi connectivity index (χ0v) is 23.3. The van der Waals surface area contributed by atoms with E-state index in [1.54, 1.807) is 61.9 Å². The minimum absolute atomic E-state index is 0.0136. The summed E-state index contributed by atoms with van der Waals surface area (Å²) in [5.74, 6) is 0.0269. The summed E-state index contributed by atoms with van der Waals surface area (Å²) in [7, 11) is 3.07. The Morgan fingerprint density at radius 2 is 1.52 bits per heavy atom. The minimum Gasteiger partial charge on any atom is -0.493 e. The molecule has 8 nitrogen and oxygen atoms in total. The average molecular weight is 559 g/mol. The summed E-state index contributed by atoms with van der Waals surface area (Å²) in [5.41, 5.74) is 6.70. The van der Waals surface area contributed by atoms with Crippen molar-refractivity contribution >= 4 is 35.0 Å². The first-order valence-corrected chi connectivity index (χ1v) is 13.3. The topological polar surface area (TPSA) is 94.0 Å². The van der Waals surface area contributed by atoms with E-state index in [4.69, 9.17) is 9.47 Å². The smallest absolute Gasteiger partial charge is 0.287 e. The maximum absolute atomic E-state index is 13.3. The summed E-state index contributed by atoms with van der Waals surface area (Å²) < 4.78 is 12.9. The number of hydrogen-bond donors (Lipinski definition) is 2. The van der Waals surface area contributed by atoms with E-state index in [2.05, 4.69) is 38.6 Å². The SMILES string of the molecule is COc1ccc(/C=C(/NC(=O)c2ccccc2)C(=O)N/N=C/c2cn(Cc3ccccc3)c3ccccc23)cc1OC. The van der Waals surface area contributed by atoms with Gasteiger partial charge in [-0.3, -0.25) is 9.59 Å². The molecule has 0 unspecified atom stereocenters. The van der Waals surface area contributed by atoms with Crippen LogP contribution in [0.5, 0.6) is 11.5 Å². The second-order valence-corrected chi connectivity index (χ2v) is 9.41. The number of ether oxygens (including phenoxy) is 2. The van der Waals surface area contributed by atoms with E-state index >= 15 is 0 Å².